The van der Waals surface area contributed by atoms with Gasteiger partial charge in [0.1, 0.15) is 0 Å². The van der Waals surface area contributed by atoms with Crippen LogP contribution in [0.15, 0.2) is 24.3 Å². The van der Waals surface area contributed by atoms with Crippen LogP contribution in [0.5, 0.6) is 0 Å². The molecule has 1 aliphatic rings. The molecular weight excluding hydrogens is 240 g/mol. The number of piperidine rings is 1. The molecule has 0 bridgehead atoms. The van der Waals surface area contributed by atoms with Crippen molar-refractivity contribution in [2.45, 2.75) is 19.3 Å². The molecule has 1 saturated heterocycles. The Bertz CT molecular complexity index is 493. The number of nitrogens with zero attached hydrogens (tertiary/aromatic N) is 2. The number of esters is 1. The molecule has 2 rings (SSSR count). The molecular formula is C15H18N2O2. The van der Waals surface area contributed by atoms with Gasteiger partial charge in [-0.05, 0) is 37.0 Å². The Morgan fingerprint density at radius 3 is 3.16 bits per heavy atom. The second-order valence-corrected chi connectivity index (χ2v) is 4.86. The minimum atomic E-state index is -0.313. The van der Waals surface area contributed by atoms with E-state index in [1.807, 2.05) is 18.2 Å². The minimum Gasteiger partial charge on any atom is -0.465 e. The highest BCUT2D eigenvalue weighted by Crippen LogP contribution is 2.25. The summed E-state index contributed by atoms with van der Waals surface area (Å²) in [5.74, 6) is 0.118. The van der Waals surface area contributed by atoms with Crippen LogP contribution in [0.25, 0.3) is 0 Å². The summed E-state index contributed by atoms with van der Waals surface area (Å²) in [6, 6.07) is 9.74. The van der Waals surface area contributed by atoms with Crippen molar-refractivity contribution in [3.05, 3.63) is 29.8 Å². The summed E-state index contributed by atoms with van der Waals surface area (Å²) in [5.41, 5.74) is 1.60. The van der Waals surface area contributed by atoms with Gasteiger partial charge in [0.15, 0.2) is 0 Å². The Hall–Kier alpha value is -2.02. The van der Waals surface area contributed by atoms with E-state index in [1.54, 1.807) is 6.07 Å². The zero-order valence-electron chi connectivity index (χ0n) is 11.1. The Kier molecular flexibility index (Phi) is 4.40. The quantitative estimate of drug-likeness (QED) is 0.782. The fraction of sp³-hybridized carbons (Fsp3) is 0.467. The summed E-state index contributed by atoms with van der Waals surface area (Å²) in [7, 11) is 1.39. The second-order valence-electron chi connectivity index (χ2n) is 4.86. The first-order chi connectivity index (χ1) is 9.24. The van der Waals surface area contributed by atoms with Gasteiger partial charge in [-0.3, -0.25) is 0 Å². The molecule has 1 unspecified atom stereocenters. The lowest BCUT2D eigenvalue weighted by Gasteiger charge is -2.33. The molecule has 0 amide bonds. The SMILES string of the molecule is COC(=O)c1cccc(N2CCCC(CC#N)C2)c1. The fourth-order valence-electron chi connectivity index (χ4n) is 2.54. The van der Waals surface area contributed by atoms with Crippen molar-refractivity contribution in [2.75, 3.05) is 25.1 Å². The van der Waals surface area contributed by atoms with E-state index in [2.05, 4.69) is 11.0 Å². The Morgan fingerprint density at radius 1 is 1.58 bits per heavy atom. The number of benzene rings is 1. The molecule has 0 aromatic heterocycles. The lowest BCUT2D eigenvalue weighted by molar-refractivity contribution is 0.0601. The smallest absolute Gasteiger partial charge is 0.337 e. The van der Waals surface area contributed by atoms with Gasteiger partial charge in [-0.2, -0.15) is 5.26 Å². The van der Waals surface area contributed by atoms with Gasteiger partial charge < -0.3 is 9.64 Å². The molecule has 0 saturated carbocycles. The first-order valence-electron chi connectivity index (χ1n) is 6.55. The number of hydrogen-bond donors (Lipinski definition) is 0. The molecule has 19 heavy (non-hydrogen) atoms. The highest BCUT2D eigenvalue weighted by atomic mass is 16.5. The van der Waals surface area contributed by atoms with Gasteiger partial charge in [0.05, 0.1) is 18.7 Å². The zero-order chi connectivity index (χ0) is 13.7. The normalized spacial score (nSPS) is 18.7. The van der Waals surface area contributed by atoms with E-state index >= 15 is 0 Å². The van der Waals surface area contributed by atoms with Crippen LogP contribution in [0.1, 0.15) is 29.6 Å². The van der Waals surface area contributed by atoms with E-state index in [1.165, 1.54) is 7.11 Å². The molecule has 1 aromatic carbocycles. The fourth-order valence-corrected chi connectivity index (χ4v) is 2.54. The third-order valence-corrected chi connectivity index (χ3v) is 3.53. The van der Waals surface area contributed by atoms with Crippen molar-refractivity contribution in [3.63, 3.8) is 0 Å². The number of anilines is 1. The molecule has 1 aliphatic heterocycles. The maximum absolute atomic E-state index is 11.5. The molecule has 4 nitrogen and oxygen atoms in total. The second kappa shape index (κ2) is 6.24. The van der Waals surface area contributed by atoms with Crippen LogP contribution in [-0.4, -0.2) is 26.2 Å². The average molecular weight is 258 g/mol. The molecule has 1 aromatic rings. The summed E-state index contributed by atoms with van der Waals surface area (Å²) in [4.78, 5) is 13.8. The molecule has 1 fully saturated rings. The summed E-state index contributed by atoms with van der Waals surface area (Å²) >= 11 is 0. The van der Waals surface area contributed by atoms with Crippen molar-refractivity contribution in [3.8, 4) is 6.07 Å². The van der Waals surface area contributed by atoms with Crippen LogP contribution in [0.4, 0.5) is 5.69 Å². The number of carbonyl (C=O) groups is 1. The Labute approximate surface area is 113 Å². The molecule has 0 N–H and O–H groups in total. The van der Waals surface area contributed by atoms with Gasteiger partial charge in [-0.25, -0.2) is 4.79 Å². The lowest BCUT2D eigenvalue weighted by atomic mass is 9.95. The molecule has 4 heteroatoms. The molecule has 1 atom stereocenters. The maximum atomic E-state index is 11.5. The van der Waals surface area contributed by atoms with Crippen molar-refractivity contribution >= 4 is 11.7 Å². The number of rotatable bonds is 3. The van der Waals surface area contributed by atoms with Crippen molar-refractivity contribution in [1.82, 2.24) is 0 Å². The predicted molar refractivity (Wildman–Crippen MR) is 72.9 cm³/mol. The highest BCUT2D eigenvalue weighted by Gasteiger charge is 2.20. The maximum Gasteiger partial charge on any atom is 0.337 e. The van der Waals surface area contributed by atoms with E-state index in [0.717, 1.165) is 31.6 Å². The summed E-state index contributed by atoms with van der Waals surface area (Å²) in [5, 5.41) is 8.79. The summed E-state index contributed by atoms with van der Waals surface area (Å²) in [6.45, 7) is 1.87. The molecule has 0 spiro atoms. The van der Waals surface area contributed by atoms with Crippen LogP contribution in [0.2, 0.25) is 0 Å². The number of methoxy groups -OCH3 is 1. The van der Waals surface area contributed by atoms with Crippen LogP contribution < -0.4 is 4.90 Å². The number of carbonyl (C=O) groups excluding carboxylic acids is 1. The topological polar surface area (TPSA) is 53.3 Å². The van der Waals surface area contributed by atoms with Gasteiger partial charge >= 0.3 is 5.97 Å². The Morgan fingerprint density at radius 2 is 2.42 bits per heavy atom. The lowest BCUT2D eigenvalue weighted by Crippen LogP contribution is -2.35. The largest absolute Gasteiger partial charge is 0.465 e. The Balaban J connectivity index is 2.13. The van der Waals surface area contributed by atoms with Gasteiger partial charge in [0, 0.05) is 25.2 Å². The van der Waals surface area contributed by atoms with E-state index in [0.29, 0.717) is 17.9 Å². The number of ether oxygens (including phenoxy) is 1. The third kappa shape index (κ3) is 3.25. The average Bonchev–Trinajstić information content (AvgIpc) is 2.47. The van der Waals surface area contributed by atoms with Gasteiger partial charge in [-0.15, -0.1) is 0 Å². The van der Waals surface area contributed by atoms with Crippen molar-refractivity contribution < 1.29 is 9.53 Å². The summed E-state index contributed by atoms with van der Waals surface area (Å²) in [6.07, 6.45) is 2.81. The monoisotopic (exact) mass is 258 g/mol. The first kappa shape index (κ1) is 13.4. The van der Waals surface area contributed by atoms with Crippen LogP contribution in [-0.2, 0) is 4.74 Å². The van der Waals surface area contributed by atoms with Gasteiger partial charge in [0.25, 0.3) is 0 Å². The van der Waals surface area contributed by atoms with Gasteiger partial charge in [-0.1, -0.05) is 6.07 Å². The van der Waals surface area contributed by atoms with E-state index < -0.39 is 0 Å². The van der Waals surface area contributed by atoms with Crippen LogP contribution >= 0.6 is 0 Å². The van der Waals surface area contributed by atoms with E-state index in [9.17, 15) is 4.79 Å². The minimum absolute atomic E-state index is 0.313. The van der Waals surface area contributed by atoms with Gasteiger partial charge in [0.2, 0.25) is 0 Å². The number of nitriles is 1. The standard InChI is InChI=1S/C15H18N2O2/c1-19-15(18)13-5-2-6-14(10-13)17-9-3-4-12(11-17)7-8-16/h2,5-6,10,12H,3-4,7,9,11H2,1H3. The van der Waals surface area contributed by atoms with E-state index in [-0.39, 0.29) is 5.97 Å². The third-order valence-electron chi connectivity index (χ3n) is 3.53. The van der Waals surface area contributed by atoms with Crippen LogP contribution in [0.3, 0.4) is 0 Å². The molecule has 0 aliphatic carbocycles. The predicted octanol–water partition coefficient (Wildman–Crippen LogP) is 2.60. The first-order valence-corrected chi connectivity index (χ1v) is 6.55. The van der Waals surface area contributed by atoms with E-state index in [4.69, 9.17) is 10.00 Å². The molecule has 1 heterocycles. The number of hydrogen-bond acceptors (Lipinski definition) is 4. The zero-order valence-corrected chi connectivity index (χ0v) is 11.1. The summed E-state index contributed by atoms with van der Waals surface area (Å²) < 4.78 is 4.74. The molecule has 100 valence electrons. The van der Waals surface area contributed by atoms with Crippen molar-refractivity contribution in [2.24, 2.45) is 5.92 Å². The highest BCUT2D eigenvalue weighted by molar-refractivity contribution is 5.90. The molecule has 0 radical (unpaired) electrons. The van der Waals surface area contributed by atoms with Crippen molar-refractivity contribution in [1.29, 1.82) is 5.26 Å². The van der Waals surface area contributed by atoms with Crippen LogP contribution in [0, 0.1) is 17.2 Å².